The number of halogens is 1. The molecule has 0 spiro atoms. The molecular formula is C27H34ClNO8. The number of hydrogen-bond donors (Lipinski definition) is 1. The molecule has 1 heterocycles. The molecule has 1 atom stereocenters. The smallest absolute Gasteiger partial charge is 0.336 e. The van der Waals surface area contributed by atoms with Crippen LogP contribution in [0.15, 0.2) is 46.8 Å². The molecule has 1 aliphatic heterocycles. The van der Waals surface area contributed by atoms with Crippen molar-refractivity contribution in [3.05, 3.63) is 57.4 Å². The average molecular weight is 536 g/mol. The van der Waals surface area contributed by atoms with Crippen LogP contribution in [-0.2, 0) is 38.1 Å². The second-order valence-corrected chi connectivity index (χ2v) is 8.53. The molecule has 0 saturated heterocycles. The van der Waals surface area contributed by atoms with Crippen LogP contribution in [0.2, 0.25) is 5.02 Å². The first-order chi connectivity index (χ1) is 17.7. The highest BCUT2D eigenvalue weighted by Gasteiger charge is 2.40. The summed E-state index contributed by atoms with van der Waals surface area (Å²) in [6, 6.07) is 6.87. The number of carbonyl (C=O) groups excluding carboxylic acids is 4. The minimum absolute atomic E-state index is 0.0955. The Bertz CT molecular complexity index is 1060. The minimum atomic E-state index is -0.897. The highest BCUT2D eigenvalue weighted by molar-refractivity contribution is 6.31. The molecule has 1 aliphatic rings. The van der Waals surface area contributed by atoms with Crippen LogP contribution in [0, 0.1) is 0 Å². The summed E-state index contributed by atoms with van der Waals surface area (Å²) in [6.45, 7) is 7.07. The summed E-state index contributed by atoms with van der Waals surface area (Å²) in [5.41, 5.74) is 1.57. The first-order valence-corrected chi connectivity index (χ1v) is 12.7. The van der Waals surface area contributed by atoms with E-state index in [4.69, 9.17) is 30.5 Å². The third-order valence-corrected chi connectivity index (χ3v) is 5.89. The summed E-state index contributed by atoms with van der Waals surface area (Å²) in [4.78, 5) is 50.0. The fourth-order valence-corrected chi connectivity index (χ4v) is 4.20. The number of ether oxygens (including phenoxy) is 4. The lowest BCUT2D eigenvalue weighted by molar-refractivity contribution is -0.145. The Hall–Kier alpha value is -3.33. The fraction of sp³-hybridized carbons (Fsp3) is 0.481. The summed E-state index contributed by atoms with van der Waals surface area (Å²) >= 11 is 6.50. The average Bonchev–Trinajstić information content (AvgIpc) is 2.85. The third-order valence-electron chi connectivity index (χ3n) is 5.55. The van der Waals surface area contributed by atoms with E-state index in [0.29, 0.717) is 35.7 Å². The quantitative estimate of drug-likeness (QED) is 0.223. The van der Waals surface area contributed by atoms with E-state index >= 15 is 0 Å². The van der Waals surface area contributed by atoms with Crippen LogP contribution in [0.5, 0.6) is 0 Å². The lowest BCUT2D eigenvalue weighted by Crippen LogP contribution is -2.35. The van der Waals surface area contributed by atoms with Crippen LogP contribution in [-0.4, -0.2) is 50.3 Å². The number of dihydropyridines is 1. The summed E-state index contributed by atoms with van der Waals surface area (Å²) in [7, 11) is 0. The van der Waals surface area contributed by atoms with Gasteiger partial charge in [0.25, 0.3) is 0 Å². The second-order valence-electron chi connectivity index (χ2n) is 8.12. The molecule has 2 rings (SSSR count). The highest BCUT2D eigenvalue weighted by Crippen LogP contribution is 2.42. The topological polar surface area (TPSA) is 117 Å². The Morgan fingerprint density at radius 3 is 1.92 bits per heavy atom. The van der Waals surface area contributed by atoms with E-state index in [1.807, 2.05) is 0 Å². The van der Waals surface area contributed by atoms with Gasteiger partial charge in [0.2, 0.25) is 0 Å². The number of hydrogen-bond acceptors (Lipinski definition) is 9. The summed E-state index contributed by atoms with van der Waals surface area (Å²) in [6.07, 6.45) is 1.25. The summed E-state index contributed by atoms with van der Waals surface area (Å²) in [5, 5.41) is 3.39. The molecule has 1 unspecified atom stereocenters. The first kappa shape index (κ1) is 29.9. The monoisotopic (exact) mass is 535 g/mol. The van der Waals surface area contributed by atoms with Gasteiger partial charge in [0.15, 0.2) is 0 Å². The van der Waals surface area contributed by atoms with E-state index < -0.39 is 23.8 Å². The molecule has 10 heteroatoms. The standard InChI is InChI=1S/C27H34ClNO8/c1-5-34-21(30)14-10-11-15-22(31)37-16-20-25(27(33)36-7-3)24(18-12-8-9-13-19(18)28)23(17(4)29-20)26(32)35-6-2/h8-9,12-13,24,29H,5-7,10-11,14-16H2,1-4H3. The molecule has 0 bridgehead atoms. The van der Waals surface area contributed by atoms with Crippen molar-refractivity contribution in [2.24, 2.45) is 0 Å². The number of carbonyl (C=O) groups is 4. The molecule has 0 fully saturated rings. The van der Waals surface area contributed by atoms with Gasteiger partial charge in [0, 0.05) is 23.6 Å². The van der Waals surface area contributed by atoms with E-state index in [2.05, 4.69) is 5.32 Å². The van der Waals surface area contributed by atoms with Crippen molar-refractivity contribution in [1.29, 1.82) is 0 Å². The van der Waals surface area contributed by atoms with Crippen molar-refractivity contribution in [1.82, 2.24) is 5.32 Å². The Morgan fingerprint density at radius 2 is 1.35 bits per heavy atom. The molecule has 0 amide bonds. The number of allylic oxidation sites excluding steroid dienone is 1. The van der Waals surface area contributed by atoms with E-state index in [1.165, 1.54) is 0 Å². The predicted octanol–water partition coefficient (Wildman–Crippen LogP) is 4.35. The van der Waals surface area contributed by atoms with Crippen LogP contribution >= 0.6 is 11.6 Å². The predicted molar refractivity (Wildman–Crippen MR) is 136 cm³/mol. The van der Waals surface area contributed by atoms with E-state index in [-0.39, 0.29) is 55.5 Å². The first-order valence-electron chi connectivity index (χ1n) is 12.4. The molecule has 0 saturated carbocycles. The van der Waals surface area contributed by atoms with Crippen LogP contribution in [0.4, 0.5) is 0 Å². The van der Waals surface area contributed by atoms with Gasteiger partial charge >= 0.3 is 23.9 Å². The lowest BCUT2D eigenvalue weighted by Gasteiger charge is -2.31. The van der Waals surface area contributed by atoms with Crippen molar-refractivity contribution in [2.45, 2.75) is 59.3 Å². The molecular weight excluding hydrogens is 502 g/mol. The Labute approximate surface area is 222 Å². The van der Waals surface area contributed by atoms with Gasteiger partial charge in [-0.25, -0.2) is 9.59 Å². The van der Waals surface area contributed by atoms with Crippen LogP contribution < -0.4 is 5.32 Å². The van der Waals surface area contributed by atoms with Gasteiger partial charge in [-0.1, -0.05) is 29.8 Å². The maximum Gasteiger partial charge on any atom is 0.336 e. The van der Waals surface area contributed by atoms with Gasteiger partial charge in [-0.05, 0) is 52.2 Å². The Morgan fingerprint density at radius 1 is 0.811 bits per heavy atom. The molecule has 9 nitrogen and oxygen atoms in total. The van der Waals surface area contributed by atoms with Gasteiger partial charge in [0.1, 0.15) is 6.61 Å². The SMILES string of the molecule is CCOC(=O)CCCCC(=O)OCC1=C(C(=O)OCC)C(c2ccccc2Cl)C(C(=O)OCC)=C(C)N1. The number of nitrogens with one attached hydrogen (secondary N) is 1. The van der Waals surface area contributed by atoms with E-state index in [1.54, 1.807) is 52.0 Å². The largest absolute Gasteiger partial charge is 0.466 e. The summed E-state index contributed by atoms with van der Waals surface area (Å²) in [5.74, 6) is -2.97. The molecule has 0 radical (unpaired) electrons. The third kappa shape index (κ3) is 8.35. The molecule has 202 valence electrons. The zero-order chi connectivity index (χ0) is 27.4. The maximum atomic E-state index is 13.2. The zero-order valence-electron chi connectivity index (χ0n) is 21.7. The van der Waals surface area contributed by atoms with E-state index in [9.17, 15) is 19.2 Å². The normalized spacial score (nSPS) is 15.1. The Kier molecular flexibility index (Phi) is 12.2. The van der Waals surface area contributed by atoms with Crippen molar-refractivity contribution < 1.29 is 38.1 Å². The van der Waals surface area contributed by atoms with Crippen molar-refractivity contribution in [3.63, 3.8) is 0 Å². The van der Waals surface area contributed by atoms with Crippen molar-refractivity contribution in [2.75, 3.05) is 26.4 Å². The highest BCUT2D eigenvalue weighted by atomic mass is 35.5. The molecule has 37 heavy (non-hydrogen) atoms. The zero-order valence-corrected chi connectivity index (χ0v) is 22.4. The number of benzene rings is 1. The Balaban J connectivity index is 2.34. The molecule has 1 aromatic rings. The number of unbranched alkanes of at least 4 members (excludes halogenated alkanes) is 1. The van der Waals surface area contributed by atoms with Crippen molar-refractivity contribution in [3.8, 4) is 0 Å². The van der Waals surface area contributed by atoms with Gasteiger partial charge in [-0.2, -0.15) is 0 Å². The van der Waals surface area contributed by atoms with Crippen LogP contribution in [0.1, 0.15) is 64.9 Å². The number of rotatable bonds is 13. The van der Waals surface area contributed by atoms with Crippen LogP contribution in [0.25, 0.3) is 0 Å². The second kappa shape index (κ2) is 15.0. The van der Waals surface area contributed by atoms with Crippen LogP contribution in [0.3, 0.4) is 0 Å². The van der Waals surface area contributed by atoms with Gasteiger partial charge in [0.05, 0.1) is 42.6 Å². The molecule has 1 aromatic carbocycles. The maximum absolute atomic E-state index is 13.2. The lowest BCUT2D eigenvalue weighted by atomic mass is 9.80. The minimum Gasteiger partial charge on any atom is -0.466 e. The number of esters is 4. The fourth-order valence-electron chi connectivity index (χ4n) is 3.96. The van der Waals surface area contributed by atoms with E-state index in [0.717, 1.165) is 0 Å². The van der Waals surface area contributed by atoms with Crippen molar-refractivity contribution >= 4 is 35.5 Å². The molecule has 1 N–H and O–H groups in total. The summed E-state index contributed by atoms with van der Waals surface area (Å²) < 4.78 is 20.9. The van der Waals surface area contributed by atoms with Gasteiger partial charge in [-0.3, -0.25) is 9.59 Å². The van der Waals surface area contributed by atoms with Gasteiger partial charge < -0.3 is 24.3 Å². The molecule has 0 aliphatic carbocycles. The molecule has 0 aromatic heterocycles. The van der Waals surface area contributed by atoms with Gasteiger partial charge in [-0.15, -0.1) is 0 Å².